The number of thiazole rings is 1. The summed E-state index contributed by atoms with van der Waals surface area (Å²) >= 11 is 1.10. The molecule has 1 aliphatic heterocycles. The highest BCUT2D eigenvalue weighted by atomic mass is 32.1. The van der Waals surface area contributed by atoms with Crippen LogP contribution in [0, 0.1) is 11.6 Å². The number of hydrogen-bond acceptors (Lipinski definition) is 6. The molecule has 0 unspecified atom stereocenters. The molecule has 2 heterocycles. The number of ether oxygens (including phenoxy) is 1. The SMILES string of the molecule is C[C@@H](OC(=O)c1ccc(N2CCCC2=O)cc1)C(=O)Nc1nc(-c2ccc(F)c(F)c2)cs1. The lowest BCUT2D eigenvalue weighted by Gasteiger charge is -2.16. The summed E-state index contributed by atoms with van der Waals surface area (Å²) in [7, 11) is 0. The number of hydrogen-bond donors (Lipinski definition) is 1. The van der Waals surface area contributed by atoms with E-state index in [2.05, 4.69) is 10.3 Å². The van der Waals surface area contributed by atoms with Crippen LogP contribution < -0.4 is 10.2 Å². The van der Waals surface area contributed by atoms with Crippen LogP contribution in [0.2, 0.25) is 0 Å². The maximum Gasteiger partial charge on any atom is 0.338 e. The number of anilines is 2. The topological polar surface area (TPSA) is 88.6 Å². The largest absolute Gasteiger partial charge is 0.449 e. The van der Waals surface area contributed by atoms with Gasteiger partial charge in [0.1, 0.15) is 0 Å². The van der Waals surface area contributed by atoms with Gasteiger partial charge in [0.2, 0.25) is 5.91 Å². The highest BCUT2D eigenvalue weighted by Crippen LogP contribution is 2.26. The second-order valence-electron chi connectivity index (χ2n) is 7.40. The summed E-state index contributed by atoms with van der Waals surface area (Å²) in [6, 6.07) is 9.82. The average Bonchev–Trinajstić information content (AvgIpc) is 3.44. The van der Waals surface area contributed by atoms with Crippen LogP contribution in [0.3, 0.4) is 0 Å². The Balaban J connectivity index is 1.35. The molecule has 0 saturated carbocycles. The second kappa shape index (κ2) is 9.45. The number of carbonyl (C=O) groups excluding carboxylic acids is 3. The number of benzene rings is 2. The summed E-state index contributed by atoms with van der Waals surface area (Å²) in [4.78, 5) is 42.5. The molecule has 1 aromatic heterocycles. The zero-order valence-corrected chi connectivity index (χ0v) is 18.3. The zero-order chi connectivity index (χ0) is 23.5. The fourth-order valence-corrected chi connectivity index (χ4v) is 4.03. The number of nitrogens with zero attached hydrogens (tertiary/aromatic N) is 2. The third kappa shape index (κ3) is 5.06. The van der Waals surface area contributed by atoms with Crippen molar-refractivity contribution in [3.8, 4) is 11.3 Å². The van der Waals surface area contributed by atoms with Crippen LogP contribution in [0.5, 0.6) is 0 Å². The van der Waals surface area contributed by atoms with E-state index in [1.165, 1.54) is 13.0 Å². The number of halogens is 2. The Morgan fingerprint density at radius 3 is 2.58 bits per heavy atom. The second-order valence-corrected chi connectivity index (χ2v) is 8.26. The van der Waals surface area contributed by atoms with Gasteiger partial charge in [-0.25, -0.2) is 18.6 Å². The van der Waals surface area contributed by atoms with E-state index in [9.17, 15) is 23.2 Å². The first-order valence-electron chi connectivity index (χ1n) is 10.1. The maximum atomic E-state index is 13.4. The summed E-state index contributed by atoms with van der Waals surface area (Å²) < 4.78 is 31.8. The van der Waals surface area contributed by atoms with E-state index in [0.717, 1.165) is 29.9 Å². The molecule has 0 aliphatic carbocycles. The molecule has 1 atom stereocenters. The summed E-state index contributed by atoms with van der Waals surface area (Å²) in [5.41, 5.74) is 1.69. The maximum absolute atomic E-state index is 13.4. The van der Waals surface area contributed by atoms with Gasteiger partial charge in [0.05, 0.1) is 11.3 Å². The number of carbonyl (C=O) groups is 3. The van der Waals surface area contributed by atoms with Crippen LogP contribution in [0.1, 0.15) is 30.1 Å². The lowest BCUT2D eigenvalue weighted by molar-refractivity contribution is -0.123. The van der Waals surface area contributed by atoms with E-state index in [1.54, 1.807) is 34.5 Å². The Kier molecular flexibility index (Phi) is 6.45. The minimum Gasteiger partial charge on any atom is -0.449 e. The monoisotopic (exact) mass is 471 g/mol. The zero-order valence-electron chi connectivity index (χ0n) is 17.5. The molecule has 2 aromatic carbocycles. The van der Waals surface area contributed by atoms with Crippen molar-refractivity contribution in [3.63, 3.8) is 0 Å². The van der Waals surface area contributed by atoms with Crippen LogP contribution in [0.4, 0.5) is 19.6 Å². The number of aromatic nitrogens is 1. The molecule has 33 heavy (non-hydrogen) atoms. The highest BCUT2D eigenvalue weighted by molar-refractivity contribution is 7.14. The van der Waals surface area contributed by atoms with Crippen LogP contribution in [-0.4, -0.2) is 35.4 Å². The molecule has 1 saturated heterocycles. The lowest BCUT2D eigenvalue weighted by atomic mass is 10.2. The van der Waals surface area contributed by atoms with Crippen molar-refractivity contribution in [3.05, 3.63) is 65.0 Å². The smallest absolute Gasteiger partial charge is 0.338 e. The first-order chi connectivity index (χ1) is 15.8. The Labute approximate surface area is 192 Å². The van der Waals surface area contributed by atoms with E-state index < -0.39 is 29.6 Å². The van der Waals surface area contributed by atoms with Crippen LogP contribution >= 0.6 is 11.3 Å². The predicted molar refractivity (Wildman–Crippen MR) is 119 cm³/mol. The van der Waals surface area contributed by atoms with Gasteiger partial charge in [0.15, 0.2) is 22.9 Å². The van der Waals surface area contributed by atoms with Gasteiger partial charge < -0.3 is 9.64 Å². The van der Waals surface area contributed by atoms with Gasteiger partial charge in [0.25, 0.3) is 5.91 Å². The minimum absolute atomic E-state index is 0.0468. The van der Waals surface area contributed by atoms with Crippen molar-refractivity contribution in [1.29, 1.82) is 0 Å². The molecule has 0 radical (unpaired) electrons. The van der Waals surface area contributed by atoms with Crippen LogP contribution in [0.15, 0.2) is 47.8 Å². The summed E-state index contributed by atoms with van der Waals surface area (Å²) in [6.45, 7) is 2.07. The van der Waals surface area contributed by atoms with Crippen LogP contribution in [-0.2, 0) is 14.3 Å². The molecule has 3 aromatic rings. The van der Waals surface area contributed by atoms with Crippen LogP contribution in [0.25, 0.3) is 11.3 Å². The molecular formula is C23H19F2N3O4S. The number of amides is 2. The molecule has 170 valence electrons. The van der Waals surface area contributed by atoms with E-state index in [0.29, 0.717) is 29.9 Å². The Morgan fingerprint density at radius 2 is 1.91 bits per heavy atom. The Morgan fingerprint density at radius 1 is 1.15 bits per heavy atom. The lowest BCUT2D eigenvalue weighted by Crippen LogP contribution is -2.30. The number of nitrogens with one attached hydrogen (secondary N) is 1. The number of rotatable bonds is 6. The molecular weight excluding hydrogens is 452 g/mol. The van der Waals surface area contributed by atoms with Crippen molar-refractivity contribution in [1.82, 2.24) is 4.98 Å². The van der Waals surface area contributed by atoms with Gasteiger partial charge >= 0.3 is 5.97 Å². The van der Waals surface area contributed by atoms with Crippen molar-refractivity contribution in [2.24, 2.45) is 0 Å². The van der Waals surface area contributed by atoms with Gasteiger partial charge in [0, 0.05) is 29.6 Å². The van der Waals surface area contributed by atoms with E-state index in [4.69, 9.17) is 4.74 Å². The fourth-order valence-electron chi connectivity index (χ4n) is 3.31. The molecule has 10 heteroatoms. The normalized spacial score (nSPS) is 14.3. The van der Waals surface area contributed by atoms with Gasteiger partial charge in [-0.1, -0.05) is 0 Å². The first kappa shape index (κ1) is 22.5. The predicted octanol–water partition coefficient (Wildman–Crippen LogP) is 4.40. The molecule has 1 aliphatic rings. The number of esters is 1. The van der Waals surface area contributed by atoms with Gasteiger partial charge in [-0.05, 0) is 55.8 Å². The molecule has 1 fully saturated rings. The van der Waals surface area contributed by atoms with Crippen molar-refractivity contribution in [2.75, 3.05) is 16.8 Å². The summed E-state index contributed by atoms with van der Waals surface area (Å²) in [5, 5.41) is 4.36. The van der Waals surface area contributed by atoms with Crippen molar-refractivity contribution >= 4 is 39.9 Å². The minimum atomic E-state index is -1.10. The van der Waals surface area contributed by atoms with E-state index in [-0.39, 0.29) is 16.6 Å². The first-order valence-corrected chi connectivity index (χ1v) is 11.0. The van der Waals surface area contributed by atoms with Gasteiger partial charge in [-0.3, -0.25) is 14.9 Å². The molecule has 1 N–H and O–H groups in total. The quantitative estimate of drug-likeness (QED) is 0.539. The summed E-state index contributed by atoms with van der Waals surface area (Å²) in [6.07, 6.45) is 0.210. The summed E-state index contributed by atoms with van der Waals surface area (Å²) in [5.74, 6) is -3.18. The molecule has 7 nitrogen and oxygen atoms in total. The Hall–Kier alpha value is -3.66. The third-order valence-electron chi connectivity index (χ3n) is 5.09. The Bertz CT molecular complexity index is 1210. The third-order valence-corrected chi connectivity index (χ3v) is 5.85. The highest BCUT2D eigenvalue weighted by Gasteiger charge is 2.23. The van der Waals surface area contributed by atoms with Gasteiger partial charge in [-0.15, -0.1) is 11.3 Å². The van der Waals surface area contributed by atoms with Crippen molar-refractivity contribution < 1.29 is 27.9 Å². The van der Waals surface area contributed by atoms with Gasteiger partial charge in [-0.2, -0.15) is 0 Å². The van der Waals surface area contributed by atoms with E-state index in [1.807, 2.05) is 0 Å². The molecule has 4 rings (SSSR count). The molecule has 2 amide bonds. The van der Waals surface area contributed by atoms with E-state index >= 15 is 0 Å². The molecule has 0 spiro atoms. The fraction of sp³-hybridized carbons (Fsp3) is 0.217. The standard InChI is InChI=1S/C23H19F2N3O4S/c1-13(32-22(31)14-4-7-16(8-5-14)28-10-2-3-20(28)29)21(30)27-23-26-19(12-33-23)15-6-9-17(24)18(25)11-15/h4-9,11-13H,2-3,10H2,1H3,(H,26,27,30)/t13-/m1/s1. The molecule has 0 bridgehead atoms. The van der Waals surface area contributed by atoms with Crippen molar-refractivity contribution in [2.45, 2.75) is 25.9 Å². The average molecular weight is 471 g/mol.